The van der Waals surface area contributed by atoms with Crippen molar-refractivity contribution in [1.29, 1.82) is 0 Å². The molecule has 0 aromatic heterocycles. The normalized spacial score (nSPS) is 12.4. The maximum Gasteiger partial charge on any atom is 0.324 e. The third kappa shape index (κ3) is 3.14. The monoisotopic (exact) mass is 374 g/mol. The van der Waals surface area contributed by atoms with Crippen molar-refractivity contribution in [2.45, 2.75) is 17.3 Å². The quantitative estimate of drug-likeness (QED) is 0.339. The molecule has 0 N–H and O–H groups in total. The van der Waals surface area contributed by atoms with Crippen molar-refractivity contribution in [3.05, 3.63) is 41.4 Å². The highest BCUT2D eigenvalue weighted by molar-refractivity contribution is 14.1. The smallest absolute Gasteiger partial charge is 0.324 e. The fraction of sp³-hybridized carbons (Fsp3) is 0.214. The fourth-order valence-corrected chi connectivity index (χ4v) is 1.91. The second kappa shape index (κ2) is 5.89. The number of benzene rings is 2. The molecule has 18 heavy (non-hydrogen) atoms. The molecule has 0 fully saturated rings. The van der Waals surface area contributed by atoms with Crippen LogP contribution in [0.5, 0.6) is 5.75 Å². The summed E-state index contributed by atoms with van der Waals surface area (Å²) < 4.78 is 5.22. The average Bonchev–Trinajstić information content (AvgIpc) is 2.38. The van der Waals surface area contributed by atoms with E-state index in [0.29, 0.717) is 10.8 Å². The van der Waals surface area contributed by atoms with Crippen LogP contribution in [0.25, 0.3) is 10.8 Å². The highest BCUT2D eigenvalue weighted by atomic mass is 127. The Morgan fingerprint density at radius 3 is 2.67 bits per heavy atom. The van der Waals surface area contributed by atoms with Gasteiger partial charge in [-0.1, -0.05) is 53.2 Å². The predicted octanol–water partition coefficient (Wildman–Crippen LogP) is 4.61. The highest BCUT2D eigenvalue weighted by Crippen LogP contribution is 2.24. The van der Waals surface area contributed by atoms with E-state index in [9.17, 15) is 4.79 Å². The van der Waals surface area contributed by atoms with Gasteiger partial charge in [-0.3, -0.25) is 4.79 Å². The topological polar surface area (TPSA) is 26.3 Å². The lowest BCUT2D eigenvalue weighted by Gasteiger charge is -2.08. The van der Waals surface area contributed by atoms with Gasteiger partial charge in [0.25, 0.3) is 0 Å². The van der Waals surface area contributed by atoms with Gasteiger partial charge < -0.3 is 4.74 Å². The van der Waals surface area contributed by atoms with Gasteiger partial charge in [-0.2, -0.15) is 0 Å². The van der Waals surface area contributed by atoms with Crippen LogP contribution in [0.15, 0.2) is 36.4 Å². The zero-order chi connectivity index (χ0) is 13.1. The Morgan fingerprint density at radius 1 is 1.28 bits per heavy atom. The molecule has 0 saturated carbocycles. The Morgan fingerprint density at radius 2 is 1.94 bits per heavy atom. The summed E-state index contributed by atoms with van der Waals surface area (Å²) in [5.41, 5.74) is 0. The number of hydrogen-bond donors (Lipinski definition) is 0. The van der Waals surface area contributed by atoms with Crippen molar-refractivity contribution >= 4 is 50.9 Å². The number of fused-ring (bicyclic) bond motifs is 1. The molecular formula is C14H12ClIO2. The fourth-order valence-electron chi connectivity index (χ4n) is 1.60. The van der Waals surface area contributed by atoms with E-state index in [1.165, 1.54) is 0 Å². The SMILES string of the molecule is CCC(I)C(=O)Oc1ccc2cc(Cl)ccc2c1. The summed E-state index contributed by atoms with van der Waals surface area (Å²) in [5, 5.41) is 2.74. The predicted molar refractivity (Wildman–Crippen MR) is 82.7 cm³/mol. The van der Waals surface area contributed by atoms with Crippen LogP contribution in [0.2, 0.25) is 5.02 Å². The third-order valence-corrected chi connectivity index (χ3v) is 4.23. The molecule has 2 rings (SSSR count). The molecule has 1 atom stereocenters. The van der Waals surface area contributed by atoms with Crippen LogP contribution >= 0.6 is 34.2 Å². The lowest BCUT2D eigenvalue weighted by atomic mass is 10.1. The van der Waals surface area contributed by atoms with Gasteiger partial charge >= 0.3 is 5.97 Å². The van der Waals surface area contributed by atoms with Gasteiger partial charge in [-0.05, 0) is 41.5 Å². The second-order valence-corrected chi connectivity index (χ2v) is 5.89. The molecule has 4 heteroatoms. The lowest BCUT2D eigenvalue weighted by molar-refractivity contribution is -0.133. The Labute approximate surface area is 124 Å². The molecule has 0 spiro atoms. The molecule has 0 heterocycles. The second-order valence-electron chi connectivity index (χ2n) is 3.95. The van der Waals surface area contributed by atoms with Crippen LogP contribution < -0.4 is 4.74 Å². The first-order chi connectivity index (χ1) is 8.60. The van der Waals surface area contributed by atoms with Gasteiger partial charge in [0.05, 0.1) is 0 Å². The van der Waals surface area contributed by atoms with Gasteiger partial charge in [0.15, 0.2) is 0 Å². The van der Waals surface area contributed by atoms with E-state index in [1.54, 1.807) is 6.07 Å². The van der Waals surface area contributed by atoms with Gasteiger partial charge in [0.1, 0.15) is 9.67 Å². The van der Waals surface area contributed by atoms with E-state index >= 15 is 0 Å². The van der Waals surface area contributed by atoms with E-state index in [0.717, 1.165) is 17.2 Å². The first-order valence-electron chi connectivity index (χ1n) is 5.65. The summed E-state index contributed by atoms with van der Waals surface area (Å²) >= 11 is 8.01. The molecule has 94 valence electrons. The van der Waals surface area contributed by atoms with Crippen molar-refractivity contribution in [2.24, 2.45) is 0 Å². The van der Waals surface area contributed by atoms with Gasteiger partial charge in [0, 0.05) is 5.02 Å². The zero-order valence-electron chi connectivity index (χ0n) is 9.82. The Bertz CT molecular complexity index is 583. The van der Waals surface area contributed by atoms with Gasteiger partial charge in [0.2, 0.25) is 0 Å². The standard InChI is InChI=1S/C14H12ClIO2/c1-2-13(16)14(17)18-12-6-4-9-7-11(15)5-3-10(9)8-12/h3-8,13H,2H2,1H3. The minimum absolute atomic E-state index is 0.108. The molecule has 0 saturated heterocycles. The van der Waals surface area contributed by atoms with Crippen molar-refractivity contribution in [2.75, 3.05) is 0 Å². The summed E-state index contributed by atoms with van der Waals surface area (Å²) in [4.78, 5) is 11.7. The van der Waals surface area contributed by atoms with Crippen LogP contribution in [0.4, 0.5) is 0 Å². The minimum atomic E-state index is -0.202. The van der Waals surface area contributed by atoms with Crippen LogP contribution in [0.3, 0.4) is 0 Å². The van der Waals surface area contributed by atoms with E-state index in [2.05, 4.69) is 22.6 Å². The van der Waals surface area contributed by atoms with E-state index < -0.39 is 0 Å². The summed E-state index contributed by atoms with van der Waals surface area (Å²) in [7, 11) is 0. The number of hydrogen-bond acceptors (Lipinski definition) is 2. The van der Waals surface area contributed by atoms with Crippen LogP contribution in [-0.4, -0.2) is 9.89 Å². The Hall–Kier alpha value is -0.810. The molecule has 2 aromatic carbocycles. The van der Waals surface area contributed by atoms with E-state index in [1.807, 2.05) is 37.3 Å². The Kier molecular flexibility index (Phi) is 4.45. The van der Waals surface area contributed by atoms with Crippen molar-refractivity contribution in [1.82, 2.24) is 0 Å². The molecule has 0 radical (unpaired) electrons. The first-order valence-corrected chi connectivity index (χ1v) is 7.27. The Balaban J connectivity index is 2.25. The minimum Gasteiger partial charge on any atom is -0.426 e. The lowest BCUT2D eigenvalue weighted by Crippen LogP contribution is -2.19. The number of carbonyl (C=O) groups is 1. The summed E-state index contributed by atoms with van der Waals surface area (Å²) in [6.07, 6.45) is 0.766. The molecule has 2 nitrogen and oxygen atoms in total. The van der Waals surface area contributed by atoms with Gasteiger partial charge in [-0.15, -0.1) is 0 Å². The molecule has 0 amide bonds. The molecule has 2 aromatic rings. The largest absolute Gasteiger partial charge is 0.426 e. The van der Waals surface area contributed by atoms with Crippen LogP contribution in [0.1, 0.15) is 13.3 Å². The van der Waals surface area contributed by atoms with Crippen LogP contribution in [-0.2, 0) is 4.79 Å². The number of rotatable bonds is 3. The summed E-state index contributed by atoms with van der Waals surface area (Å²) in [6.45, 7) is 1.96. The number of alkyl halides is 1. The number of halogens is 2. The van der Waals surface area contributed by atoms with Crippen LogP contribution in [0, 0.1) is 0 Å². The van der Waals surface area contributed by atoms with Gasteiger partial charge in [-0.25, -0.2) is 0 Å². The molecule has 1 unspecified atom stereocenters. The maximum absolute atomic E-state index is 11.7. The molecule has 0 aliphatic rings. The highest BCUT2D eigenvalue weighted by Gasteiger charge is 2.14. The zero-order valence-corrected chi connectivity index (χ0v) is 12.7. The van der Waals surface area contributed by atoms with Crippen molar-refractivity contribution in [3.8, 4) is 5.75 Å². The summed E-state index contributed by atoms with van der Waals surface area (Å²) in [6, 6.07) is 11.2. The third-order valence-electron chi connectivity index (χ3n) is 2.61. The maximum atomic E-state index is 11.7. The molecule has 0 aliphatic heterocycles. The molecule has 0 aliphatic carbocycles. The van der Waals surface area contributed by atoms with Crippen molar-refractivity contribution < 1.29 is 9.53 Å². The number of carbonyl (C=O) groups excluding carboxylic acids is 1. The first kappa shape index (κ1) is 13.6. The molecular weight excluding hydrogens is 363 g/mol. The van der Waals surface area contributed by atoms with E-state index in [4.69, 9.17) is 16.3 Å². The average molecular weight is 375 g/mol. The number of ether oxygens (including phenoxy) is 1. The molecule has 0 bridgehead atoms. The summed E-state index contributed by atoms with van der Waals surface area (Å²) in [5.74, 6) is 0.372. The number of esters is 1. The van der Waals surface area contributed by atoms with E-state index in [-0.39, 0.29) is 9.89 Å². The van der Waals surface area contributed by atoms with Crippen molar-refractivity contribution in [3.63, 3.8) is 0 Å².